The summed E-state index contributed by atoms with van der Waals surface area (Å²) in [6, 6.07) is 0. The molecule has 0 aliphatic carbocycles. The number of hydrogen-bond donors (Lipinski definition) is 0. The fraction of sp³-hybridized carbons (Fsp3) is 0.667. The molecule has 2 nitrogen and oxygen atoms in total. The molecule has 52 valence electrons. The lowest BCUT2D eigenvalue weighted by atomic mass is 10.5. The molecule has 1 heterocycles. The van der Waals surface area contributed by atoms with Gasteiger partial charge in [0.2, 0.25) is 0 Å². The van der Waals surface area contributed by atoms with Gasteiger partial charge in [0, 0.05) is 0 Å². The van der Waals surface area contributed by atoms with Gasteiger partial charge >= 0.3 is 0 Å². The Bertz CT molecular complexity index is 172. The zero-order valence-electron chi connectivity index (χ0n) is 5.64. The van der Waals surface area contributed by atoms with Gasteiger partial charge in [-0.25, -0.2) is 0 Å². The van der Waals surface area contributed by atoms with Crippen molar-refractivity contribution in [1.82, 2.24) is 0 Å². The molecule has 0 saturated heterocycles. The minimum Gasteiger partial charge on any atom is -0.496 e. The molecule has 0 aromatic heterocycles. The lowest BCUT2D eigenvalue weighted by molar-refractivity contribution is 0.228. The summed E-state index contributed by atoms with van der Waals surface area (Å²) in [4.78, 5) is 0.890. The monoisotopic (exact) mass is 146 g/mol. The van der Waals surface area contributed by atoms with Gasteiger partial charge in [0.05, 0.1) is 28.1 Å². The highest BCUT2D eigenvalue weighted by Gasteiger charge is 2.12. The molecule has 0 aromatic rings. The maximum absolute atomic E-state index is 11.0. The third-order valence-electron chi connectivity index (χ3n) is 1.42. The van der Waals surface area contributed by atoms with Gasteiger partial charge < -0.3 is 4.74 Å². The first-order valence-corrected chi connectivity index (χ1v) is 4.22. The molecule has 1 aliphatic rings. The summed E-state index contributed by atoms with van der Waals surface area (Å²) in [6.45, 7) is 4.31. The van der Waals surface area contributed by atoms with Gasteiger partial charge in [-0.3, -0.25) is 4.21 Å². The summed E-state index contributed by atoms with van der Waals surface area (Å²) < 4.78 is 16.1. The van der Waals surface area contributed by atoms with Crippen LogP contribution in [0.4, 0.5) is 0 Å². The fourth-order valence-electron chi connectivity index (χ4n) is 0.685. The Morgan fingerprint density at radius 2 is 2.22 bits per heavy atom. The third-order valence-corrected chi connectivity index (χ3v) is 2.93. The van der Waals surface area contributed by atoms with Crippen LogP contribution in [0.25, 0.3) is 0 Å². The van der Waals surface area contributed by atoms with E-state index >= 15 is 0 Å². The second-order valence-corrected chi connectivity index (χ2v) is 3.72. The van der Waals surface area contributed by atoms with Crippen LogP contribution in [0.1, 0.15) is 13.8 Å². The Morgan fingerprint density at radius 3 is 2.67 bits per heavy atom. The van der Waals surface area contributed by atoms with Crippen molar-refractivity contribution in [3.8, 4) is 0 Å². The average molecular weight is 146 g/mol. The predicted molar refractivity (Wildman–Crippen MR) is 37.3 cm³/mol. The van der Waals surface area contributed by atoms with Gasteiger partial charge in [-0.2, -0.15) is 0 Å². The van der Waals surface area contributed by atoms with Crippen molar-refractivity contribution in [2.75, 3.05) is 12.4 Å². The first kappa shape index (κ1) is 6.81. The summed E-state index contributed by atoms with van der Waals surface area (Å²) in [7, 11) is -0.760. The molecule has 1 unspecified atom stereocenters. The highest BCUT2D eigenvalue weighted by atomic mass is 32.2. The average Bonchev–Trinajstić information content (AvgIpc) is 1.83. The largest absolute Gasteiger partial charge is 0.496 e. The normalized spacial score (nSPS) is 28.0. The molecule has 0 saturated carbocycles. The van der Waals surface area contributed by atoms with Crippen LogP contribution in [0.2, 0.25) is 0 Å². The van der Waals surface area contributed by atoms with Crippen molar-refractivity contribution in [1.29, 1.82) is 0 Å². The lowest BCUT2D eigenvalue weighted by Gasteiger charge is -2.14. The van der Waals surface area contributed by atoms with Crippen LogP contribution in [0.5, 0.6) is 0 Å². The van der Waals surface area contributed by atoms with Gasteiger partial charge in [-0.15, -0.1) is 0 Å². The van der Waals surface area contributed by atoms with E-state index in [0.29, 0.717) is 12.4 Å². The van der Waals surface area contributed by atoms with Crippen LogP contribution < -0.4 is 0 Å². The van der Waals surface area contributed by atoms with Gasteiger partial charge in [0.1, 0.15) is 5.76 Å². The lowest BCUT2D eigenvalue weighted by Crippen LogP contribution is -2.13. The molecule has 0 amide bonds. The van der Waals surface area contributed by atoms with E-state index in [1.54, 1.807) is 0 Å². The minimum atomic E-state index is -0.760. The quantitative estimate of drug-likeness (QED) is 0.510. The van der Waals surface area contributed by atoms with Gasteiger partial charge in [0.25, 0.3) is 0 Å². The Balaban J connectivity index is 2.84. The van der Waals surface area contributed by atoms with Crippen LogP contribution in [0.3, 0.4) is 0 Å². The topological polar surface area (TPSA) is 26.3 Å². The summed E-state index contributed by atoms with van der Waals surface area (Å²) in [5.74, 6) is 1.49. The first-order valence-electron chi connectivity index (χ1n) is 2.90. The van der Waals surface area contributed by atoms with Crippen molar-refractivity contribution < 1.29 is 8.95 Å². The Labute approximate surface area is 57.4 Å². The maximum atomic E-state index is 11.0. The number of rotatable bonds is 0. The van der Waals surface area contributed by atoms with Crippen molar-refractivity contribution in [2.24, 2.45) is 0 Å². The van der Waals surface area contributed by atoms with Crippen molar-refractivity contribution in [2.45, 2.75) is 13.8 Å². The SMILES string of the molecule is CC1=C(C)S(=O)CCO1. The first-order chi connectivity index (χ1) is 4.22. The van der Waals surface area contributed by atoms with E-state index in [1.165, 1.54) is 0 Å². The maximum Gasteiger partial charge on any atom is 0.105 e. The standard InChI is InChI=1S/C6H10O2S/c1-5-6(2)9(7)4-3-8-5/h3-4H2,1-2H3. The highest BCUT2D eigenvalue weighted by molar-refractivity contribution is 7.89. The molecule has 1 atom stereocenters. The van der Waals surface area contributed by atoms with E-state index in [4.69, 9.17) is 4.74 Å². The molecule has 0 fully saturated rings. The van der Waals surface area contributed by atoms with Crippen LogP contribution in [0, 0.1) is 0 Å². The zero-order valence-corrected chi connectivity index (χ0v) is 6.46. The molecule has 9 heavy (non-hydrogen) atoms. The fourth-order valence-corrected chi connectivity index (χ4v) is 1.61. The van der Waals surface area contributed by atoms with E-state index in [-0.39, 0.29) is 0 Å². The van der Waals surface area contributed by atoms with Crippen molar-refractivity contribution in [3.63, 3.8) is 0 Å². The second kappa shape index (κ2) is 2.52. The minimum absolute atomic E-state index is 0.607. The Hall–Kier alpha value is -0.310. The molecule has 0 spiro atoms. The molecule has 0 radical (unpaired) electrons. The number of ether oxygens (including phenoxy) is 1. The molecule has 1 rings (SSSR count). The summed E-state index contributed by atoms with van der Waals surface area (Å²) in [5.41, 5.74) is 0. The molecule has 0 N–H and O–H groups in total. The van der Waals surface area contributed by atoms with Crippen LogP contribution in [-0.2, 0) is 15.5 Å². The van der Waals surface area contributed by atoms with E-state index < -0.39 is 10.8 Å². The highest BCUT2D eigenvalue weighted by Crippen LogP contribution is 2.14. The third kappa shape index (κ3) is 1.33. The summed E-state index contributed by atoms with van der Waals surface area (Å²) in [5, 5.41) is 0. The molecular weight excluding hydrogens is 136 g/mol. The summed E-state index contributed by atoms with van der Waals surface area (Å²) in [6.07, 6.45) is 0. The van der Waals surface area contributed by atoms with E-state index in [9.17, 15) is 4.21 Å². The smallest absolute Gasteiger partial charge is 0.105 e. The van der Waals surface area contributed by atoms with Gasteiger partial charge in [0.15, 0.2) is 0 Å². The summed E-state index contributed by atoms with van der Waals surface area (Å²) >= 11 is 0. The van der Waals surface area contributed by atoms with Crippen LogP contribution >= 0.6 is 0 Å². The Kier molecular flexibility index (Phi) is 1.90. The van der Waals surface area contributed by atoms with Crippen molar-refractivity contribution in [3.05, 3.63) is 10.7 Å². The predicted octanol–water partition coefficient (Wildman–Crippen LogP) is 1.02. The van der Waals surface area contributed by atoms with E-state index in [1.807, 2.05) is 13.8 Å². The number of hydrogen-bond acceptors (Lipinski definition) is 2. The molecular formula is C6H10O2S. The van der Waals surface area contributed by atoms with E-state index in [2.05, 4.69) is 0 Å². The molecule has 0 bridgehead atoms. The van der Waals surface area contributed by atoms with Gasteiger partial charge in [-0.1, -0.05) is 0 Å². The number of allylic oxidation sites excluding steroid dienone is 2. The zero-order chi connectivity index (χ0) is 6.85. The van der Waals surface area contributed by atoms with Crippen LogP contribution in [0.15, 0.2) is 10.7 Å². The van der Waals surface area contributed by atoms with Crippen molar-refractivity contribution >= 4 is 10.8 Å². The Morgan fingerprint density at radius 1 is 1.56 bits per heavy atom. The van der Waals surface area contributed by atoms with Crippen LogP contribution in [-0.4, -0.2) is 16.6 Å². The van der Waals surface area contributed by atoms with E-state index in [0.717, 1.165) is 10.7 Å². The molecule has 1 aliphatic heterocycles. The molecule has 0 aromatic carbocycles. The molecule has 3 heteroatoms. The van der Waals surface area contributed by atoms with Gasteiger partial charge in [-0.05, 0) is 13.8 Å². The second-order valence-electron chi connectivity index (χ2n) is 2.01.